The van der Waals surface area contributed by atoms with Gasteiger partial charge < -0.3 is 15.2 Å². The predicted molar refractivity (Wildman–Crippen MR) is 48.1 cm³/mol. The zero-order valence-electron chi connectivity index (χ0n) is 8.41. The number of nitrogens with one attached hydrogen (secondary N) is 1. The Balaban J connectivity index is 2.13. The van der Waals surface area contributed by atoms with E-state index in [0.29, 0.717) is 13.2 Å². The molecule has 1 aliphatic heterocycles. The number of carbonyl (C=O) groups excluding carboxylic acids is 1. The first-order valence-electron chi connectivity index (χ1n) is 4.43. The Labute approximate surface area is 82.6 Å². The van der Waals surface area contributed by atoms with Gasteiger partial charge in [-0.1, -0.05) is 0 Å². The minimum atomic E-state index is -0.540. The fourth-order valence-corrected chi connectivity index (χ4v) is 0.991. The molecule has 0 aliphatic carbocycles. The van der Waals surface area contributed by atoms with Crippen molar-refractivity contribution in [1.82, 2.24) is 5.48 Å². The summed E-state index contributed by atoms with van der Waals surface area (Å²) in [4.78, 5) is 15.2. The maximum absolute atomic E-state index is 10.3. The van der Waals surface area contributed by atoms with Crippen LogP contribution in [0.4, 0.5) is 0 Å². The van der Waals surface area contributed by atoms with Gasteiger partial charge in [-0.2, -0.15) is 5.48 Å². The summed E-state index contributed by atoms with van der Waals surface area (Å²) in [5, 5.41) is 0. The minimum Gasteiger partial charge on any atom is -0.368 e. The van der Waals surface area contributed by atoms with Crippen LogP contribution < -0.4 is 11.2 Å². The number of ether oxygens (including phenoxy) is 2. The van der Waals surface area contributed by atoms with Gasteiger partial charge in [0.25, 0.3) is 0 Å². The van der Waals surface area contributed by atoms with Crippen LogP contribution in [0, 0.1) is 0 Å². The molecule has 1 heterocycles. The predicted octanol–water partition coefficient (Wildman–Crippen LogP) is -0.856. The van der Waals surface area contributed by atoms with Crippen molar-refractivity contribution in [3.8, 4) is 0 Å². The molecule has 1 aliphatic rings. The van der Waals surface area contributed by atoms with E-state index >= 15 is 0 Å². The molecule has 6 heteroatoms. The zero-order valence-corrected chi connectivity index (χ0v) is 8.41. The van der Waals surface area contributed by atoms with Crippen molar-refractivity contribution in [2.45, 2.75) is 25.7 Å². The minimum absolute atomic E-state index is 0.0672. The van der Waals surface area contributed by atoms with Crippen LogP contribution in [0.3, 0.4) is 0 Å². The molecule has 0 radical (unpaired) electrons. The summed E-state index contributed by atoms with van der Waals surface area (Å²) in [6.45, 7) is 4.48. The summed E-state index contributed by atoms with van der Waals surface area (Å²) < 4.78 is 10.7. The quantitative estimate of drug-likeness (QED) is 0.582. The topological polar surface area (TPSA) is 82.8 Å². The van der Waals surface area contributed by atoms with Crippen LogP contribution in [0.1, 0.15) is 13.8 Å². The molecule has 0 aromatic carbocycles. The fraction of sp³-hybridized carbons (Fsp3) is 0.875. The molecule has 0 aromatic rings. The Morgan fingerprint density at radius 1 is 1.57 bits per heavy atom. The molecule has 6 nitrogen and oxygen atoms in total. The van der Waals surface area contributed by atoms with E-state index in [1.807, 2.05) is 13.8 Å². The van der Waals surface area contributed by atoms with E-state index in [-0.39, 0.29) is 12.6 Å². The Bertz CT molecular complexity index is 198. The molecule has 3 N–H and O–H groups in total. The smallest absolute Gasteiger partial charge is 0.245 e. The molecule has 0 atom stereocenters. The van der Waals surface area contributed by atoms with E-state index < -0.39 is 11.7 Å². The van der Waals surface area contributed by atoms with E-state index in [0.717, 1.165) is 0 Å². The highest BCUT2D eigenvalue weighted by Gasteiger charge is 2.28. The molecule has 14 heavy (non-hydrogen) atoms. The number of hydrogen-bond donors (Lipinski definition) is 2. The highest BCUT2D eigenvalue weighted by Crippen LogP contribution is 2.16. The van der Waals surface area contributed by atoms with Gasteiger partial charge in [-0.3, -0.25) is 9.63 Å². The SMILES string of the molecule is CC1(C)OCC(NOCC(N)=O)CO1. The summed E-state index contributed by atoms with van der Waals surface area (Å²) >= 11 is 0. The molecular formula is C8H16N2O4. The highest BCUT2D eigenvalue weighted by atomic mass is 16.7. The van der Waals surface area contributed by atoms with Crippen molar-refractivity contribution < 1.29 is 19.1 Å². The average Bonchev–Trinajstić information content (AvgIpc) is 2.07. The molecule has 1 amide bonds. The molecule has 0 aromatic heterocycles. The second kappa shape index (κ2) is 4.70. The van der Waals surface area contributed by atoms with E-state index in [1.54, 1.807) is 0 Å². The molecule has 1 fully saturated rings. The lowest BCUT2D eigenvalue weighted by Crippen LogP contribution is -2.48. The fourth-order valence-electron chi connectivity index (χ4n) is 0.991. The zero-order chi connectivity index (χ0) is 10.6. The van der Waals surface area contributed by atoms with Crippen LogP contribution in [0.25, 0.3) is 0 Å². The van der Waals surface area contributed by atoms with Crippen molar-refractivity contribution in [1.29, 1.82) is 0 Å². The van der Waals surface area contributed by atoms with Crippen LogP contribution in [-0.4, -0.2) is 37.6 Å². The van der Waals surface area contributed by atoms with Crippen molar-refractivity contribution in [2.24, 2.45) is 5.73 Å². The molecule has 0 spiro atoms. The van der Waals surface area contributed by atoms with Gasteiger partial charge in [-0.05, 0) is 13.8 Å². The van der Waals surface area contributed by atoms with Crippen LogP contribution in [0.15, 0.2) is 0 Å². The van der Waals surface area contributed by atoms with Gasteiger partial charge in [0, 0.05) is 0 Å². The number of carbonyl (C=O) groups is 1. The van der Waals surface area contributed by atoms with E-state index in [4.69, 9.17) is 20.0 Å². The first-order chi connectivity index (χ1) is 6.49. The van der Waals surface area contributed by atoms with Crippen LogP contribution in [0.2, 0.25) is 0 Å². The standard InChI is InChI=1S/C8H16N2O4/c1-8(2)12-3-6(4-13-8)10-14-5-7(9)11/h6,10H,3-5H2,1-2H3,(H2,9,11). The number of hydrogen-bond acceptors (Lipinski definition) is 5. The van der Waals surface area contributed by atoms with Crippen molar-refractivity contribution in [3.63, 3.8) is 0 Å². The summed E-state index contributed by atoms with van der Waals surface area (Å²) in [6, 6.07) is -0.0672. The third-order valence-corrected chi connectivity index (χ3v) is 1.73. The largest absolute Gasteiger partial charge is 0.368 e. The van der Waals surface area contributed by atoms with E-state index in [2.05, 4.69) is 5.48 Å². The summed E-state index contributed by atoms with van der Waals surface area (Å²) in [6.07, 6.45) is 0. The second-order valence-electron chi connectivity index (χ2n) is 3.59. The highest BCUT2D eigenvalue weighted by molar-refractivity contribution is 5.74. The average molecular weight is 204 g/mol. The molecule has 1 rings (SSSR count). The van der Waals surface area contributed by atoms with Gasteiger partial charge in [-0.25, -0.2) is 0 Å². The number of rotatable bonds is 4. The number of amides is 1. The van der Waals surface area contributed by atoms with Gasteiger partial charge in [0.05, 0.1) is 19.3 Å². The van der Waals surface area contributed by atoms with Gasteiger partial charge in [0.2, 0.25) is 5.91 Å². The Hall–Kier alpha value is -0.690. The molecule has 0 bridgehead atoms. The third-order valence-electron chi connectivity index (χ3n) is 1.73. The van der Waals surface area contributed by atoms with Crippen molar-refractivity contribution in [2.75, 3.05) is 19.8 Å². The van der Waals surface area contributed by atoms with Gasteiger partial charge in [0.1, 0.15) is 6.61 Å². The number of nitrogens with two attached hydrogens (primary N) is 1. The van der Waals surface area contributed by atoms with E-state index in [9.17, 15) is 4.79 Å². The first kappa shape index (κ1) is 11.4. The maximum Gasteiger partial charge on any atom is 0.245 e. The van der Waals surface area contributed by atoms with Crippen LogP contribution >= 0.6 is 0 Å². The van der Waals surface area contributed by atoms with Gasteiger partial charge in [-0.15, -0.1) is 0 Å². The maximum atomic E-state index is 10.3. The monoisotopic (exact) mass is 204 g/mol. The number of primary amides is 1. The van der Waals surface area contributed by atoms with Crippen LogP contribution in [-0.2, 0) is 19.1 Å². The summed E-state index contributed by atoms with van der Waals surface area (Å²) in [5.41, 5.74) is 7.52. The summed E-state index contributed by atoms with van der Waals surface area (Å²) in [7, 11) is 0. The first-order valence-corrected chi connectivity index (χ1v) is 4.43. The summed E-state index contributed by atoms with van der Waals surface area (Å²) in [5.74, 6) is -1.06. The third kappa shape index (κ3) is 4.01. The lowest BCUT2D eigenvalue weighted by molar-refractivity contribution is -0.262. The Morgan fingerprint density at radius 2 is 2.14 bits per heavy atom. The van der Waals surface area contributed by atoms with E-state index in [1.165, 1.54) is 0 Å². The van der Waals surface area contributed by atoms with Crippen molar-refractivity contribution >= 4 is 5.91 Å². The lowest BCUT2D eigenvalue weighted by atomic mass is 10.3. The normalized spacial score (nSPS) is 22.1. The van der Waals surface area contributed by atoms with Crippen molar-refractivity contribution in [3.05, 3.63) is 0 Å². The van der Waals surface area contributed by atoms with Gasteiger partial charge >= 0.3 is 0 Å². The molecule has 82 valence electrons. The molecule has 1 saturated heterocycles. The Morgan fingerprint density at radius 3 is 2.64 bits per heavy atom. The number of hydroxylamine groups is 1. The van der Waals surface area contributed by atoms with Crippen LogP contribution in [0.5, 0.6) is 0 Å². The Kier molecular flexibility index (Phi) is 3.82. The molecule has 0 unspecified atom stereocenters. The molecular weight excluding hydrogens is 188 g/mol. The lowest BCUT2D eigenvalue weighted by Gasteiger charge is -2.34. The van der Waals surface area contributed by atoms with Gasteiger partial charge in [0.15, 0.2) is 5.79 Å². The second-order valence-corrected chi connectivity index (χ2v) is 3.59. The molecule has 0 saturated carbocycles.